The Morgan fingerprint density at radius 2 is 1.70 bits per heavy atom. The van der Waals surface area contributed by atoms with E-state index < -0.39 is 0 Å². The van der Waals surface area contributed by atoms with Crippen molar-refractivity contribution in [2.24, 2.45) is 29.1 Å². The zero-order valence-electron chi connectivity index (χ0n) is 19.4. The molecular formula is C25H48O2. The zero-order chi connectivity index (χ0) is 20.3. The number of allylic oxidation sites excluding steroid dienone is 1. The van der Waals surface area contributed by atoms with Gasteiger partial charge in [0.25, 0.3) is 0 Å². The maximum absolute atomic E-state index is 5.86. The molecule has 0 N–H and O–H groups in total. The maximum Gasteiger partial charge on any atom is 0.155 e. The first-order valence-electron chi connectivity index (χ1n) is 11.9. The van der Waals surface area contributed by atoms with Crippen LogP contribution in [0.5, 0.6) is 0 Å². The van der Waals surface area contributed by atoms with Crippen LogP contribution in [0.15, 0.2) is 12.2 Å². The van der Waals surface area contributed by atoms with Crippen molar-refractivity contribution in [3.05, 3.63) is 12.2 Å². The van der Waals surface area contributed by atoms with Gasteiger partial charge in [0.05, 0.1) is 6.61 Å². The molecule has 2 nitrogen and oxygen atoms in total. The molecule has 2 fully saturated rings. The summed E-state index contributed by atoms with van der Waals surface area (Å²) in [5.74, 6) is 3.36. The van der Waals surface area contributed by atoms with Gasteiger partial charge in [-0.1, -0.05) is 85.8 Å². The molecule has 27 heavy (non-hydrogen) atoms. The normalized spacial score (nSPS) is 29.6. The lowest BCUT2D eigenvalue weighted by Gasteiger charge is -2.22. The van der Waals surface area contributed by atoms with Gasteiger partial charge in [0.1, 0.15) is 0 Å². The highest BCUT2D eigenvalue weighted by atomic mass is 16.7. The van der Waals surface area contributed by atoms with Crippen molar-refractivity contribution in [1.29, 1.82) is 0 Å². The van der Waals surface area contributed by atoms with Crippen LogP contribution in [-0.4, -0.2) is 19.5 Å². The molecule has 0 bridgehead atoms. The quantitative estimate of drug-likeness (QED) is 0.271. The fraction of sp³-hybridized carbons (Fsp3) is 0.920. The summed E-state index contributed by atoms with van der Waals surface area (Å²) in [6.07, 6.45) is 15.4. The summed E-state index contributed by atoms with van der Waals surface area (Å²) in [5.41, 5.74) is 0.429. The minimum absolute atomic E-state index is 0.0890. The molecule has 2 aliphatic rings. The Bertz CT molecular complexity index is 397. The second kappa shape index (κ2) is 13.0. The molecule has 2 saturated carbocycles. The topological polar surface area (TPSA) is 18.5 Å². The molecule has 0 aromatic rings. The summed E-state index contributed by atoms with van der Waals surface area (Å²) in [6.45, 7) is 17.0. The Kier molecular flexibility index (Phi) is 11.9. The van der Waals surface area contributed by atoms with E-state index in [-0.39, 0.29) is 6.29 Å². The Morgan fingerprint density at radius 1 is 1.04 bits per heavy atom. The third-order valence-corrected chi connectivity index (χ3v) is 6.83. The molecule has 2 rings (SSSR count). The van der Waals surface area contributed by atoms with Crippen molar-refractivity contribution in [2.75, 3.05) is 13.2 Å². The highest BCUT2D eigenvalue weighted by Crippen LogP contribution is 2.64. The van der Waals surface area contributed by atoms with Crippen molar-refractivity contribution in [3.8, 4) is 0 Å². The van der Waals surface area contributed by atoms with Crippen molar-refractivity contribution in [2.45, 2.75) is 106 Å². The summed E-state index contributed by atoms with van der Waals surface area (Å²) in [6, 6.07) is 0. The summed E-state index contributed by atoms with van der Waals surface area (Å²) >= 11 is 0. The molecule has 0 aliphatic heterocycles. The number of ether oxygens (including phenoxy) is 2. The number of hydrogen-bond acceptors (Lipinski definition) is 2. The average Bonchev–Trinajstić information content (AvgIpc) is 3.23. The molecule has 0 spiro atoms. The van der Waals surface area contributed by atoms with Crippen LogP contribution in [0, 0.1) is 29.1 Å². The highest BCUT2D eigenvalue weighted by Gasteiger charge is 2.57. The minimum atomic E-state index is -0.0890. The van der Waals surface area contributed by atoms with E-state index in [9.17, 15) is 0 Å². The Morgan fingerprint density at radius 3 is 2.30 bits per heavy atom. The van der Waals surface area contributed by atoms with Crippen molar-refractivity contribution < 1.29 is 9.47 Å². The third-order valence-electron chi connectivity index (χ3n) is 6.83. The molecule has 4 unspecified atom stereocenters. The van der Waals surface area contributed by atoms with Gasteiger partial charge in [-0.15, -0.1) is 0 Å². The van der Waals surface area contributed by atoms with Gasteiger partial charge in [-0.05, 0) is 55.3 Å². The number of hydrogen-bond donors (Lipinski definition) is 0. The molecule has 0 radical (unpaired) electrons. The van der Waals surface area contributed by atoms with E-state index >= 15 is 0 Å². The van der Waals surface area contributed by atoms with E-state index in [1.165, 1.54) is 51.4 Å². The molecular weight excluding hydrogens is 332 g/mol. The van der Waals surface area contributed by atoms with Crippen LogP contribution in [0.2, 0.25) is 0 Å². The van der Waals surface area contributed by atoms with Crippen molar-refractivity contribution in [3.63, 3.8) is 0 Å². The van der Waals surface area contributed by atoms with Crippen LogP contribution < -0.4 is 0 Å². The van der Waals surface area contributed by atoms with Gasteiger partial charge in [-0.2, -0.15) is 0 Å². The second-order valence-electron chi connectivity index (χ2n) is 8.96. The van der Waals surface area contributed by atoms with Gasteiger partial charge in [0.2, 0.25) is 0 Å². The predicted octanol–water partition coefficient (Wildman–Crippen LogP) is 7.63. The van der Waals surface area contributed by atoms with Gasteiger partial charge >= 0.3 is 0 Å². The largest absolute Gasteiger partial charge is 0.353 e. The Labute approximate surface area is 170 Å². The zero-order valence-corrected chi connectivity index (χ0v) is 19.4. The van der Waals surface area contributed by atoms with Gasteiger partial charge in [-0.3, -0.25) is 0 Å². The fourth-order valence-corrected chi connectivity index (χ4v) is 5.05. The summed E-state index contributed by atoms with van der Waals surface area (Å²) in [7, 11) is 0. The lowest BCUT2D eigenvalue weighted by molar-refractivity contribution is -0.125. The van der Waals surface area contributed by atoms with E-state index in [2.05, 4.69) is 39.8 Å². The molecule has 0 aromatic heterocycles. The lowest BCUT2D eigenvalue weighted by atomic mass is 9.87. The van der Waals surface area contributed by atoms with E-state index in [1.807, 2.05) is 20.8 Å². The van der Waals surface area contributed by atoms with E-state index in [1.54, 1.807) is 0 Å². The molecule has 0 heterocycles. The second-order valence-corrected chi connectivity index (χ2v) is 8.96. The SMILES string of the molecule is CC.CCC1(/C=C\COC(C)OCCC2CCCCC2)C(C)C1CC(C)C. The average molecular weight is 381 g/mol. The van der Waals surface area contributed by atoms with Crippen LogP contribution in [0.4, 0.5) is 0 Å². The van der Waals surface area contributed by atoms with E-state index in [0.29, 0.717) is 12.0 Å². The van der Waals surface area contributed by atoms with Crippen LogP contribution in [-0.2, 0) is 9.47 Å². The van der Waals surface area contributed by atoms with Crippen LogP contribution in [0.25, 0.3) is 0 Å². The predicted molar refractivity (Wildman–Crippen MR) is 118 cm³/mol. The van der Waals surface area contributed by atoms with Crippen LogP contribution in [0.1, 0.15) is 99.8 Å². The molecule has 160 valence electrons. The minimum Gasteiger partial charge on any atom is -0.353 e. The third kappa shape index (κ3) is 7.89. The smallest absolute Gasteiger partial charge is 0.155 e. The van der Waals surface area contributed by atoms with E-state index in [4.69, 9.17) is 9.47 Å². The first-order valence-corrected chi connectivity index (χ1v) is 11.9. The summed E-state index contributed by atoms with van der Waals surface area (Å²) < 4.78 is 11.7. The monoisotopic (exact) mass is 380 g/mol. The molecule has 2 heteroatoms. The van der Waals surface area contributed by atoms with Crippen molar-refractivity contribution >= 4 is 0 Å². The van der Waals surface area contributed by atoms with Gasteiger partial charge in [-0.25, -0.2) is 0 Å². The first-order chi connectivity index (χ1) is 13.0. The Balaban J connectivity index is 0.00000176. The molecule has 0 saturated heterocycles. The Hall–Kier alpha value is -0.340. The maximum atomic E-state index is 5.86. The standard InChI is InChI=1S/C23H42O2.C2H6/c1-6-23(19(4)22(23)17-18(2)3)14-10-15-24-20(5)25-16-13-21-11-8-7-9-12-21;1-2/h10,14,18-22H,6-9,11-13,15-17H2,1-5H3;1-2H3/b14-10-;. The van der Waals surface area contributed by atoms with Crippen molar-refractivity contribution in [1.82, 2.24) is 0 Å². The van der Waals surface area contributed by atoms with Crippen LogP contribution in [0.3, 0.4) is 0 Å². The lowest BCUT2D eigenvalue weighted by Crippen LogP contribution is -2.16. The van der Waals surface area contributed by atoms with E-state index in [0.717, 1.165) is 30.3 Å². The number of rotatable bonds is 11. The fourth-order valence-electron chi connectivity index (χ4n) is 5.05. The molecule has 2 aliphatic carbocycles. The molecule has 4 atom stereocenters. The summed E-state index contributed by atoms with van der Waals surface area (Å²) in [4.78, 5) is 0. The van der Waals surface area contributed by atoms with Gasteiger partial charge < -0.3 is 9.47 Å². The van der Waals surface area contributed by atoms with Gasteiger partial charge in [0.15, 0.2) is 6.29 Å². The first kappa shape index (κ1) is 24.7. The summed E-state index contributed by atoms with van der Waals surface area (Å²) in [5, 5.41) is 0. The molecule has 0 amide bonds. The molecule has 0 aromatic carbocycles. The highest BCUT2D eigenvalue weighted by molar-refractivity contribution is 5.18. The van der Waals surface area contributed by atoms with Crippen LogP contribution >= 0.6 is 0 Å². The van der Waals surface area contributed by atoms with Gasteiger partial charge in [0, 0.05) is 6.61 Å².